The quantitative estimate of drug-likeness (QED) is 0.495. The van der Waals surface area contributed by atoms with Crippen LogP contribution in [0.25, 0.3) is 0 Å². The fourth-order valence-corrected chi connectivity index (χ4v) is 3.30. The molecule has 0 spiro atoms. The van der Waals surface area contributed by atoms with E-state index in [0.29, 0.717) is 18.7 Å². The first-order valence-electron chi connectivity index (χ1n) is 9.61. The van der Waals surface area contributed by atoms with Crippen LogP contribution in [-0.4, -0.2) is 37.8 Å². The van der Waals surface area contributed by atoms with E-state index in [9.17, 15) is 5.11 Å². The lowest BCUT2D eigenvalue weighted by molar-refractivity contribution is 0.370. The Balaban J connectivity index is 1.59. The second kappa shape index (κ2) is 8.80. The van der Waals surface area contributed by atoms with Gasteiger partial charge in [0.1, 0.15) is 0 Å². The number of aromatic hydroxyl groups is 1. The van der Waals surface area contributed by atoms with Gasteiger partial charge in [-0.2, -0.15) is 0 Å². The largest absolute Gasteiger partial charge is 0.504 e. The average Bonchev–Trinajstić information content (AvgIpc) is 3.49. The summed E-state index contributed by atoms with van der Waals surface area (Å²) in [5, 5.41) is 16.9. The molecule has 0 bridgehead atoms. The van der Waals surface area contributed by atoms with Crippen LogP contribution in [0.4, 0.5) is 0 Å². The molecule has 0 unspecified atom stereocenters. The van der Waals surface area contributed by atoms with Crippen molar-refractivity contribution >= 4 is 5.96 Å². The van der Waals surface area contributed by atoms with Crippen LogP contribution in [0.2, 0.25) is 0 Å². The van der Waals surface area contributed by atoms with Crippen molar-refractivity contribution in [1.82, 2.24) is 10.6 Å². The molecule has 0 saturated heterocycles. The zero-order valence-corrected chi connectivity index (χ0v) is 16.2. The summed E-state index contributed by atoms with van der Waals surface area (Å²) in [7, 11) is 1.56. The standard InChI is InChI=1S/C22H29N3O2/c1-3-23-21(24-15-12-17-8-7-11-19(27-2)20(17)26)25-16-22(13-14-22)18-9-5-4-6-10-18/h4-11,26H,3,12-16H2,1-2H3,(H2,23,24,25). The number of aliphatic imine (C=N–C) groups is 1. The number of rotatable bonds is 8. The first-order valence-corrected chi connectivity index (χ1v) is 9.61. The maximum absolute atomic E-state index is 10.2. The zero-order chi connectivity index (χ0) is 19.1. The molecule has 1 saturated carbocycles. The van der Waals surface area contributed by atoms with Crippen LogP contribution in [0.15, 0.2) is 53.5 Å². The summed E-state index contributed by atoms with van der Waals surface area (Å²) >= 11 is 0. The molecule has 5 nitrogen and oxygen atoms in total. The average molecular weight is 367 g/mol. The van der Waals surface area contributed by atoms with Crippen LogP contribution in [0.1, 0.15) is 30.9 Å². The molecule has 1 fully saturated rings. The number of ether oxygens (including phenoxy) is 1. The van der Waals surface area contributed by atoms with Crippen LogP contribution in [-0.2, 0) is 11.8 Å². The van der Waals surface area contributed by atoms with E-state index < -0.39 is 0 Å². The van der Waals surface area contributed by atoms with Gasteiger partial charge in [0.25, 0.3) is 0 Å². The van der Waals surface area contributed by atoms with Gasteiger partial charge in [0, 0.05) is 18.5 Å². The normalized spacial score (nSPS) is 15.3. The Labute approximate surface area is 161 Å². The lowest BCUT2D eigenvalue weighted by Crippen LogP contribution is -2.39. The Morgan fingerprint density at radius 1 is 1.11 bits per heavy atom. The highest BCUT2D eigenvalue weighted by Gasteiger charge is 2.43. The number of nitrogens with one attached hydrogen (secondary N) is 2. The second-order valence-corrected chi connectivity index (χ2v) is 6.99. The minimum atomic E-state index is 0.203. The highest BCUT2D eigenvalue weighted by molar-refractivity contribution is 5.79. The summed E-state index contributed by atoms with van der Waals surface area (Å²) in [4.78, 5) is 4.82. The van der Waals surface area contributed by atoms with Crippen molar-refractivity contribution in [2.45, 2.75) is 31.6 Å². The Morgan fingerprint density at radius 2 is 1.89 bits per heavy atom. The fourth-order valence-electron chi connectivity index (χ4n) is 3.30. The number of nitrogens with zero attached hydrogens (tertiary/aromatic N) is 1. The van der Waals surface area contributed by atoms with Gasteiger partial charge in [-0.25, -0.2) is 0 Å². The highest BCUT2D eigenvalue weighted by Crippen LogP contribution is 2.48. The number of guanidine groups is 1. The third kappa shape index (κ3) is 4.73. The van der Waals surface area contributed by atoms with Crippen LogP contribution < -0.4 is 15.4 Å². The minimum Gasteiger partial charge on any atom is -0.504 e. The van der Waals surface area contributed by atoms with Crippen molar-refractivity contribution in [3.8, 4) is 11.5 Å². The minimum absolute atomic E-state index is 0.203. The summed E-state index contributed by atoms with van der Waals surface area (Å²) < 4.78 is 5.17. The molecular weight excluding hydrogens is 338 g/mol. The molecule has 1 aliphatic rings. The zero-order valence-electron chi connectivity index (χ0n) is 16.2. The molecule has 3 rings (SSSR count). The number of phenolic OH excluding ortho intramolecular Hbond substituents is 1. The smallest absolute Gasteiger partial charge is 0.191 e. The number of hydrogen-bond donors (Lipinski definition) is 3. The molecule has 0 heterocycles. The predicted molar refractivity (Wildman–Crippen MR) is 110 cm³/mol. The Bertz CT molecular complexity index is 770. The summed E-state index contributed by atoms with van der Waals surface area (Å²) in [5.74, 6) is 1.54. The number of methoxy groups -OCH3 is 1. The van der Waals surface area contributed by atoms with Gasteiger partial charge >= 0.3 is 0 Å². The fraction of sp³-hybridized carbons (Fsp3) is 0.409. The van der Waals surface area contributed by atoms with Crippen LogP contribution >= 0.6 is 0 Å². The Morgan fingerprint density at radius 3 is 2.56 bits per heavy atom. The van der Waals surface area contributed by atoms with Crippen LogP contribution in [0.3, 0.4) is 0 Å². The second-order valence-electron chi connectivity index (χ2n) is 6.99. The molecule has 0 atom stereocenters. The summed E-state index contributed by atoms with van der Waals surface area (Å²) in [6, 6.07) is 16.2. The SMILES string of the molecule is CCNC(=NCC1(c2ccccc2)CC1)NCCc1cccc(OC)c1O. The molecule has 144 valence electrons. The van der Waals surface area contributed by atoms with Gasteiger partial charge < -0.3 is 20.5 Å². The van der Waals surface area contributed by atoms with E-state index in [2.05, 4.69) is 47.9 Å². The van der Waals surface area contributed by atoms with Gasteiger partial charge in [0.15, 0.2) is 17.5 Å². The first kappa shape index (κ1) is 19.1. The molecule has 1 aliphatic carbocycles. The van der Waals surface area contributed by atoms with Crippen molar-refractivity contribution in [1.29, 1.82) is 0 Å². The summed E-state index contributed by atoms with van der Waals surface area (Å²) in [6.07, 6.45) is 3.08. The van der Waals surface area contributed by atoms with Gasteiger partial charge in [-0.1, -0.05) is 42.5 Å². The maximum Gasteiger partial charge on any atom is 0.191 e. The third-order valence-electron chi connectivity index (χ3n) is 5.11. The van der Waals surface area contributed by atoms with E-state index in [1.54, 1.807) is 13.2 Å². The predicted octanol–water partition coefficient (Wildman–Crippen LogP) is 3.23. The van der Waals surface area contributed by atoms with Gasteiger partial charge in [-0.05, 0) is 43.4 Å². The lowest BCUT2D eigenvalue weighted by atomic mass is 9.96. The molecule has 0 aromatic heterocycles. The van der Waals surface area contributed by atoms with E-state index in [4.69, 9.17) is 9.73 Å². The molecular formula is C22H29N3O2. The molecule has 27 heavy (non-hydrogen) atoms. The van der Waals surface area contributed by atoms with Crippen molar-refractivity contribution < 1.29 is 9.84 Å². The summed E-state index contributed by atoms with van der Waals surface area (Å²) in [6.45, 7) is 4.35. The van der Waals surface area contributed by atoms with Crippen molar-refractivity contribution in [2.24, 2.45) is 4.99 Å². The molecule has 0 aliphatic heterocycles. The van der Waals surface area contributed by atoms with Crippen molar-refractivity contribution in [2.75, 3.05) is 26.7 Å². The van der Waals surface area contributed by atoms with Gasteiger partial charge in [-0.3, -0.25) is 4.99 Å². The van der Waals surface area contributed by atoms with Crippen LogP contribution in [0, 0.1) is 0 Å². The molecule has 2 aromatic carbocycles. The monoisotopic (exact) mass is 367 g/mol. The van der Waals surface area contributed by atoms with E-state index in [0.717, 1.165) is 24.6 Å². The van der Waals surface area contributed by atoms with Gasteiger partial charge in [0.05, 0.1) is 13.7 Å². The molecule has 5 heteroatoms. The number of hydrogen-bond acceptors (Lipinski definition) is 3. The van der Waals surface area contributed by atoms with Gasteiger partial charge in [-0.15, -0.1) is 0 Å². The Kier molecular flexibility index (Phi) is 6.22. The number of phenols is 1. The molecule has 0 radical (unpaired) electrons. The molecule has 2 aromatic rings. The third-order valence-corrected chi connectivity index (χ3v) is 5.11. The van der Waals surface area contributed by atoms with Gasteiger partial charge in [0.2, 0.25) is 0 Å². The molecule has 3 N–H and O–H groups in total. The number of para-hydroxylation sites is 1. The Hall–Kier alpha value is -2.69. The van der Waals surface area contributed by atoms with Crippen LogP contribution in [0.5, 0.6) is 11.5 Å². The highest BCUT2D eigenvalue weighted by atomic mass is 16.5. The lowest BCUT2D eigenvalue weighted by Gasteiger charge is -2.16. The van der Waals surface area contributed by atoms with E-state index in [1.807, 2.05) is 12.1 Å². The topological polar surface area (TPSA) is 65.9 Å². The number of benzene rings is 2. The van der Waals surface area contributed by atoms with E-state index in [-0.39, 0.29) is 11.2 Å². The van der Waals surface area contributed by atoms with Crippen molar-refractivity contribution in [3.05, 3.63) is 59.7 Å². The van der Waals surface area contributed by atoms with Crippen molar-refractivity contribution in [3.63, 3.8) is 0 Å². The van der Waals surface area contributed by atoms with E-state index in [1.165, 1.54) is 18.4 Å². The maximum atomic E-state index is 10.2. The first-order chi connectivity index (χ1) is 13.2. The van der Waals surface area contributed by atoms with E-state index >= 15 is 0 Å². The summed E-state index contributed by atoms with van der Waals surface area (Å²) in [5.41, 5.74) is 2.45. The molecule has 0 amide bonds.